The molecule has 1 N–H and O–H groups in total. The number of ether oxygens (including phenoxy) is 1. The predicted molar refractivity (Wildman–Crippen MR) is 62.3 cm³/mol. The lowest BCUT2D eigenvalue weighted by atomic mass is 10.2. The lowest BCUT2D eigenvalue weighted by Gasteiger charge is -2.17. The van der Waals surface area contributed by atoms with Crippen LogP contribution in [0.1, 0.15) is 24.6 Å². The van der Waals surface area contributed by atoms with E-state index in [1.807, 2.05) is 0 Å². The lowest BCUT2D eigenvalue weighted by Crippen LogP contribution is -2.32. The molecular weight excluding hydrogens is 261 g/mol. The predicted octanol–water partition coefficient (Wildman–Crippen LogP) is 2.23. The van der Waals surface area contributed by atoms with Crippen molar-refractivity contribution >= 4 is 5.91 Å². The Morgan fingerprint density at radius 2 is 2.21 bits per heavy atom. The van der Waals surface area contributed by atoms with Crippen LogP contribution < -0.4 is 5.32 Å². The van der Waals surface area contributed by atoms with Gasteiger partial charge in [-0.15, -0.1) is 0 Å². The summed E-state index contributed by atoms with van der Waals surface area (Å²) in [7, 11) is 1.44. The third-order valence-electron chi connectivity index (χ3n) is 2.35. The SMILES string of the molecule is COC[C@@H](NC(=O)CCC(F)(F)F)c1ccccn1. The fraction of sp³-hybridized carbons (Fsp3) is 0.500. The molecule has 19 heavy (non-hydrogen) atoms. The smallest absolute Gasteiger partial charge is 0.382 e. The van der Waals surface area contributed by atoms with Gasteiger partial charge in [-0.25, -0.2) is 0 Å². The van der Waals surface area contributed by atoms with Crippen LogP contribution in [0.3, 0.4) is 0 Å². The topological polar surface area (TPSA) is 51.2 Å². The molecule has 0 aromatic carbocycles. The second-order valence-electron chi connectivity index (χ2n) is 3.95. The van der Waals surface area contributed by atoms with Crippen molar-refractivity contribution in [3.63, 3.8) is 0 Å². The Hall–Kier alpha value is -1.63. The first-order valence-electron chi connectivity index (χ1n) is 5.68. The minimum absolute atomic E-state index is 0.148. The summed E-state index contributed by atoms with van der Waals surface area (Å²) in [6.07, 6.45) is -4.53. The van der Waals surface area contributed by atoms with Crippen LogP contribution in [0.15, 0.2) is 24.4 Å². The largest absolute Gasteiger partial charge is 0.389 e. The molecule has 0 unspecified atom stereocenters. The fourth-order valence-corrected chi connectivity index (χ4v) is 1.47. The molecule has 0 radical (unpaired) electrons. The highest BCUT2D eigenvalue weighted by molar-refractivity contribution is 5.76. The maximum Gasteiger partial charge on any atom is 0.389 e. The number of halogens is 3. The molecule has 1 aromatic heterocycles. The highest BCUT2D eigenvalue weighted by Crippen LogP contribution is 2.21. The molecule has 1 rings (SSSR count). The quantitative estimate of drug-likeness (QED) is 0.866. The van der Waals surface area contributed by atoms with Gasteiger partial charge in [-0.2, -0.15) is 13.2 Å². The van der Waals surface area contributed by atoms with Crippen molar-refractivity contribution in [3.8, 4) is 0 Å². The number of carbonyl (C=O) groups is 1. The van der Waals surface area contributed by atoms with Gasteiger partial charge < -0.3 is 10.1 Å². The Labute approximate surface area is 109 Å². The molecule has 0 saturated carbocycles. The molecule has 1 amide bonds. The molecule has 0 fully saturated rings. The van der Waals surface area contributed by atoms with Gasteiger partial charge in [-0.3, -0.25) is 9.78 Å². The van der Waals surface area contributed by atoms with Gasteiger partial charge in [0.2, 0.25) is 5.91 Å². The van der Waals surface area contributed by atoms with Crippen molar-refractivity contribution in [1.82, 2.24) is 10.3 Å². The minimum Gasteiger partial charge on any atom is -0.382 e. The zero-order valence-electron chi connectivity index (χ0n) is 10.4. The molecule has 4 nitrogen and oxygen atoms in total. The molecule has 1 heterocycles. The molecular formula is C12H15F3N2O2. The maximum atomic E-state index is 12.0. The van der Waals surface area contributed by atoms with Gasteiger partial charge in [0, 0.05) is 19.7 Å². The highest BCUT2D eigenvalue weighted by Gasteiger charge is 2.28. The Morgan fingerprint density at radius 1 is 1.47 bits per heavy atom. The van der Waals surface area contributed by atoms with Gasteiger partial charge in [0.25, 0.3) is 0 Å². The minimum atomic E-state index is -4.33. The maximum absolute atomic E-state index is 12.0. The highest BCUT2D eigenvalue weighted by atomic mass is 19.4. The van der Waals surface area contributed by atoms with E-state index >= 15 is 0 Å². The third kappa shape index (κ3) is 6.19. The van der Waals surface area contributed by atoms with E-state index in [9.17, 15) is 18.0 Å². The number of nitrogens with one attached hydrogen (secondary N) is 1. The van der Waals surface area contributed by atoms with Crippen molar-refractivity contribution in [2.45, 2.75) is 25.1 Å². The Bertz CT molecular complexity index is 396. The second kappa shape index (κ2) is 7.08. The van der Waals surface area contributed by atoms with Gasteiger partial charge in [0.1, 0.15) is 0 Å². The average Bonchev–Trinajstić information content (AvgIpc) is 2.36. The van der Waals surface area contributed by atoms with Crippen LogP contribution in [0.4, 0.5) is 13.2 Å². The molecule has 0 aliphatic carbocycles. The van der Waals surface area contributed by atoms with E-state index in [2.05, 4.69) is 10.3 Å². The zero-order chi connectivity index (χ0) is 14.3. The number of amides is 1. The van der Waals surface area contributed by atoms with E-state index in [-0.39, 0.29) is 6.61 Å². The van der Waals surface area contributed by atoms with Gasteiger partial charge >= 0.3 is 6.18 Å². The van der Waals surface area contributed by atoms with Gasteiger partial charge in [0.15, 0.2) is 0 Å². The van der Waals surface area contributed by atoms with Gasteiger partial charge in [-0.05, 0) is 12.1 Å². The number of methoxy groups -OCH3 is 1. The van der Waals surface area contributed by atoms with Crippen LogP contribution in [-0.2, 0) is 9.53 Å². The van der Waals surface area contributed by atoms with Gasteiger partial charge in [-0.1, -0.05) is 6.07 Å². The molecule has 0 saturated heterocycles. The Balaban J connectivity index is 2.57. The van der Waals surface area contributed by atoms with E-state index in [1.165, 1.54) is 7.11 Å². The van der Waals surface area contributed by atoms with E-state index in [0.717, 1.165) is 0 Å². The number of nitrogens with zero attached hydrogens (tertiary/aromatic N) is 1. The Kier molecular flexibility index (Phi) is 5.75. The van der Waals surface area contributed by atoms with E-state index in [0.29, 0.717) is 5.69 Å². The second-order valence-corrected chi connectivity index (χ2v) is 3.95. The zero-order valence-corrected chi connectivity index (χ0v) is 10.4. The molecule has 0 aliphatic heterocycles. The average molecular weight is 276 g/mol. The number of hydrogen-bond acceptors (Lipinski definition) is 3. The summed E-state index contributed by atoms with van der Waals surface area (Å²) in [5.74, 6) is -0.676. The van der Waals surface area contributed by atoms with Crippen LogP contribution in [-0.4, -0.2) is 30.8 Å². The third-order valence-corrected chi connectivity index (χ3v) is 2.35. The molecule has 1 aromatic rings. The van der Waals surface area contributed by atoms with E-state index < -0.39 is 31.0 Å². The number of pyridine rings is 1. The molecule has 0 spiro atoms. The number of hydrogen-bond donors (Lipinski definition) is 1. The van der Waals surface area contributed by atoms with Crippen molar-refractivity contribution in [1.29, 1.82) is 0 Å². The monoisotopic (exact) mass is 276 g/mol. The lowest BCUT2D eigenvalue weighted by molar-refractivity contribution is -0.144. The van der Waals surface area contributed by atoms with Crippen LogP contribution in [0, 0.1) is 0 Å². The van der Waals surface area contributed by atoms with Crippen molar-refractivity contribution in [2.75, 3.05) is 13.7 Å². The normalized spacial score (nSPS) is 13.1. The summed E-state index contributed by atoms with van der Waals surface area (Å²) in [5.41, 5.74) is 0.546. The van der Waals surface area contributed by atoms with E-state index in [1.54, 1.807) is 24.4 Å². The van der Waals surface area contributed by atoms with Crippen LogP contribution in [0.2, 0.25) is 0 Å². The van der Waals surface area contributed by atoms with Crippen molar-refractivity contribution in [2.24, 2.45) is 0 Å². The number of rotatable bonds is 6. The summed E-state index contributed by atoms with van der Waals surface area (Å²) in [4.78, 5) is 15.5. The first kappa shape index (κ1) is 15.4. The first-order valence-corrected chi connectivity index (χ1v) is 5.68. The van der Waals surface area contributed by atoms with Gasteiger partial charge in [0.05, 0.1) is 24.8 Å². The molecule has 0 bridgehead atoms. The summed E-state index contributed by atoms with van der Waals surface area (Å²) in [6, 6.07) is 4.56. The standard InChI is InChI=1S/C12H15F3N2O2/c1-19-8-10(9-4-2-3-7-16-9)17-11(18)5-6-12(13,14)15/h2-4,7,10H,5-6,8H2,1H3,(H,17,18)/t10-/m1/s1. The molecule has 0 aliphatic rings. The Morgan fingerprint density at radius 3 is 2.74 bits per heavy atom. The van der Waals surface area contributed by atoms with Crippen molar-refractivity contribution in [3.05, 3.63) is 30.1 Å². The molecule has 1 atom stereocenters. The summed E-state index contributed by atoms with van der Waals surface area (Å²) < 4.78 is 40.9. The van der Waals surface area contributed by atoms with Crippen LogP contribution in [0.25, 0.3) is 0 Å². The van der Waals surface area contributed by atoms with E-state index in [4.69, 9.17) is 4.74 Å². The first-order chi connectivity index (χ1) is 8.92. The summed E-state index contributed by atoms with van der Waals surface area (Å²) in [6.45, 7) is 0.148. The molecule has 7 heteroatoms. The van der Waals surface area contributed by atoms with Crippen molar-refractivity contribution < 1.29 is 22.7 Å². The molecule has 106 valence electrons. The number of aromatic nitrogens is 1. The van der Waals surface area contributed by atoms with Crippen LogP contribution in [0.5, 0.6) is 0 Å². The summed E-state index contributed by atoms with van der Waals surface area (Å²) in [5, 5.41) is 2.48. The van der Waals surface area contributed by atoms with Crippen LogP contribution >= 0.6 is 0 Å². The summed E-state index contributed by atoms with van der Waals surface area (Å²) >= 11 is 0. The fourth-order valence-electron chi connectivity index (χ4n) is 1.47. The number of alkyl halides is 3. The number of carbonyl (C=O) groups excluding carboxylic acids is 1.